The molecule has 0 saturated carbocycles. The lowest BCUT2D eigenvalue weighted by atomic mass is 9.64. The first kappa shape index (κ1) is 34.2. The lowest BCUT2D eigenvalue weighted by Crippen LogP contribution is -2.28. The molecule has 0 saturated heterocycles. The normalized spacial score (nSPS) is 13.4. The molecule has 47 heavy (non-hydrogen) atoms. The van der Waals surface area contributed by atoms with E-state index in [2.05, 4.69) is 163 Å². The molecule has 0 aliphatic carbocycles. The first-order valence-electron chi connectivity index (χ1n) is 18.2. The molecule has 5 aromatic carbocycles. The number of unbranched alkanes of at least 4 members (excludes halogenated alkanes) is 2. The molecular weight excluding hydrogens is 565 g/mol. The van der Waals surface area contributed by atoms with E-state index in [1.165, 1.54) is 92.1 Å². The van der Waals surface area contributed by atoms with E-state index in [4.69, 9.17) is 0 Å². The summed E-state index contributed by atoms with van der Waals surface area (Å²) in [7, 11) is 0. The standard InChI is InChI=1S/C47H54/c1-7-12-19-36-24-26-39(17-9-3)43(34-36)45(18-10-4)47(6,42-31-29-38(30-32-42)37-21-15-14-16-22-37)46-41(20-13-8-2)28-27-40-25-23-35(11-5)33-44(40)46/h9,14-18,21-34H,7-8,10-13,19-20H2,1-6H3/b17-9-,45-18+. The van der Waals surface area contributed by atoms with Gasteiger partial charge in [-0.05, 0) is 119 Å². The second-order valence-corrected chi connectivity index (χ2v) is 13.2. The zero-order chi connectivity index (χ0) is 33.2. The molecule has 5 rings (SSSR count). The highest BCUT2D eigenvalue weighted by molar-refractivity contribution is 5.95. The van der Waals surface area contributed by atoms with Gasteiger partial charge in [-0.3, -0.25) is 0 Å². The summed E-state index contributed by atoms with van der Waals surface area (Å²) in [4.78, 5) is 0. The third kappa shape index (κ3) is 7.38. The van der Waals surface area contributed by atoms with Crippen molar-refractivity contribution < 1.29 is 0 Å². The summed E-state index contributed by atoms with van der Waals surface area (Å²) in [5.74, 6) is 0. The van der Waals surface area contributed by atoms with E-state index in [1.54, 1.807) is 0 Å². The third-order valence-corrected chi connectivity index (χ3v) is 9.97. The van der Waals surface area contributed by atoms with Gasteiger partial charge in [0.1, 0.15) is 0 Å². The quantitative estimate of drug-likeness (QED) is 0.116. The van der Waals surface area contributed by atoms with Gasteiger partial charge in [-0.1, -0.05) is 162 Å². The van der Waals surface area contributed by atoms with Gasteiger partial charge in [-0.25, -0.2) is 0 Å². The Morgan fingerprint density at radius 2 is 1.36 bits per heavy atom. The average molecular weight is 619 g/mol. The second kappa shape index (κ2) is 16.1. The molecule has 1 atom stereocenters. The van der Waals surface area contributed by atoms with Gasteiger partial charge in [0.05, 0.1) is 0 Å². The minimum absolute atomic E-state index is 0.389. The zero-order valence-electron chi connectivity index (χ0n) is 29.7. The fraction of sp³-hybridized carbons (Fsp3) is 0.319. The van der Waals surface area contributed by atoms with Crippen molar-refractivity contribution in [1.82, 2.24) is 0 Å². The predicted molar refractivity (Wildman–Crippen MR) is 208 cm³/mol. The summed E-state index contributed by atoms with van der Waals surface area (Å²) in [6.07, 6.45) is 16.0. The fourth-order valence-corrected chi connectivity index (χ4v) is 7.34. The van der Waals surface area contributed by atoms with Crippen LogP contribution in [0.1, 0.15) is 113 Å². The Kier molecular flexibility index (Phi) is 11.7. The fourth-order valence-electron chi connectivity index (χ4n) is 7.34. The maximum Gasteiger partial charge on any atom is 0.0435 e. The zero-order valence-corrected chi connectivity index (χ0v) is 29.7. The number of aryl methyl sites for hydroxylation is 3. The molecule has 0 aliphatic rings. The molecule has 0 N–H and O–H groups in total. The van der Waals surface area contributed by atoms with Crippen molar-refractivity contribution in [1.29, 1.82) is 0 Å². The Hall–Kier alpha value is -4.16. The summed E-state index contributed by atoms with van der Waals surface area (Å²) in [6, 6.07) is 39.4. The number of hydrogen-bond donors (Lipinski definition) is 0. The minimum Gasteiger partial charge on any atom is -0.0870 e. The number of allylic oxidation sites excluding steroid dienone is 3. The monoisotopic (exact) mass is 618 g/mol. The van der Waals surface area contributed by atoms with E-state index in [1.807, 2.05) is 0 Å². The molecule has 1 unspecified atom stereocenters. The van der Waals surface area contributed by atoms with Crippen molar-refractivity contribution in [2.45, 2.75) is 98.3 Å². The minimum atomic E-state index is -0.389. The van der Waals surface area contributed by atoms with Crippen LogP contribution >= 0.6 is 0 Å². The summed E-state index contributed by atoms with van der Waals surface area (Å²) in [6.45, 7) is 13.8. The van der Waals surface area contributed by atoms with E-state index in [9.17, 15) is 0 Å². The molecule has 0 nitrogen and oxygen atoms in total. The van der Waals surface area contributed by atoms with E-state index in [0.717, 1.165) is 25.7 Å². The van der Waals surface area contributed by atoms with Crippen molar-refractivity contribution >= 4 is 22.4 Å². The van der Waals surface area contributed by atoms with Crippen LogP contribution in [0.4, 0.5) is 0 Å². The van der Waals surface area contributed by atoms with Crippen LogP contribution in [0, 0.1) is 0 Å². The number of benzene rings is 5. The van der Waals surface area contributed by atoms with Crippen LogP contribution < -0.4 is 0 Å². The molecule has 0 spiro atoms. The van der Waals surface area contributed by atoms with Crippen molar-refractivity contribution in [2.75, 3.05) is 0 Å². The largest absolute Gasteiger partial charge is 0.0870 e. The van der Waals surface area contributed by atoms with Crippen LogP contribution in [0.15, 0.2) is 115 Å². The van der Waals surface area contributed by atoms with Crippen LogP contribution in [-0.2, 0) is 24.7 Å². The molecule has 0 heterocycles. The third-order valence-electron chi connectivity index (χ3n) is 9.97. The van der Waals surface area contributed by atoms with Gasteiger partial charge in [-0.15, -0.1) is 0 Å². The van der Waals surface area contributed by atoms with Crippen molar-refractivity contribution in [2.24, 2.45) is 0 Å². The van der Waals surface area contributed by atoms with Crippen molar-refractivity contribution in [3.05, 3.63) is 154 Å². The Bertz CT molecular complexity index is 1820. The van der Waals surface area contributed by atoms with Gasteiger partial charge >= 0.3 is 0 Å². The molecule has 0 aliphatic heterocycles. The van der Waals surface area contributed by atoms with Crippen LogP contribution in [0.25, 0.3) is 33.5 Å². The van der Waals surface area contributed by atoms with Gasteiger partial charge in [0, 0.05) is 5.41 Å². The highest BCUT2D eigenvalue weighted by atomic mass is 14.4. The topological polar surface area (TPSA) is 0 Å². The lowest BCUT2D eigenvalue weighted by Gasteiger charge is -2.38. The summed E-state index contributed by atoms with van der Waals surface area (Å²) < 4.78 is 0. The van der Waals surface area contributed by atoms with Crippen LogP contribution in [0.2, 0.25) is 0 Å². The Morgan fingerprint density at radius 3 is 2.04 bits per heavy atom. The van der Waals surface area contributed by atoms with Crippen molar-refractivity contribution in [3.8, 4) is 11.1 Å². The Morgan fingerprint density at radius 1 is 0.681 bits per heavy atom. The lowest BCUT2D eigenvalue weighted by molar-refractivity contribution is 0.718. The predicted octanol–water partition coefficient (Wildman–Crippen LogP) is 13.6. The highest BCUT2D eigenvalue weighted by Crippen LogP contribution is 2.50. The molecule has 242 valence electrons. The van der Waals surface area contributed by atoms with E-state index >= 15 is 0 Å². The first-order valence-corrected chi connectivity index (χ1v) is 18.2. The van der Waals surface area contributed by atoms with Gasteiger partial charge < -0.3 is 0 Å². The molecule has 0 bridgehead atoms. The van der Waals surface area contributed by atoms with E-state index in [-0.39, 0.29) is 5.41 Å². The van der Waals surface area contributed by atoms with Gasteiger partial charge in [0.15, 0.2) is 0 Å². The van der Waals surface area contributed by atoms with Gasteiger partial charge in [0.25, 0.3) is 0 Å². The maximum atomic E-state index is 2.53. The van der Waals surface area contributed by atoms with Crippen LogP contribution in [0.5, 0.6) is 0 Å². The first-order chi connectivity index (χ1) is 23.0. The molecular formula is C47H54. The summed E-state index contributed by atoms with van der Waals surface area (Å²) >= 11 is 0. The summed E-state index contributed by atoms with van der Waals surface area (Å²) in [5, 5.41) is 2.72. The van der Waals surface area contributed by atoms with Crippen LogP contribution in [-0.4, -0.2) is 0 Å². The second-order valence-electron chi connectivity index (χ2n) is 13.2. The smallest absolute Gasteiger partial charge is 0.0435 e. The van der Waals surface area contributed by atoms with Gasteiger partial charge in [0.2, 0.25) is 0 Å². The molecule has 0 radical (unpaired) electrons. The van der Waals surface area contributed by atoms with Crippen molar-refractivity contribution in [3.63, 3.8) is 0 Å². The maximum absolute atomic E-state index is 2.53. The summed E-state index contributed by atoms with van der Waals surface area (Å²) in [5.41, 5.74) is 13.3. The molecule has 5 aromatic rings. The molecule has 0 fully saturated rings. The van der Waals surface area contributed by atoms with Gasteiger partial charge in [-0.2, -0.15) is 0 Å². The molecule has 0 amide bonds. The number of fused-ring (bicyclic) bond motifs is 1. The van der Waals surface area contributed by atoms with E-state index < -0.39 is 0 Å². The molecule has 0 aromatic heterocycles. The highest BCUT2D eigenvalue weighted by Gasteiger charge is 2.38. The van der Waals surface area contributed by atoms with E-state index in [0.29, 0.717) is 0 Å². The average Bonchev–Trinajstić information content (AvgIpc) is 3.12. The number of rotatable bonds is 14. The number of hydrogen-bond acceptors (Lipinski definition) is 0. The van der Waals surface area contributed by atoms with Crippen LogP contribution in [0.3, 0.4) is 0 Å². The Labute approximate surface area is 285 Å². The Balaban J connectivity index is 1.88. The SMILES string of the molecule is C/C=C\c1ccc(CCCC)cc1/C(=C\CC)C(C)(c1ccc(-c2ccccc2)cc1)c1c(CCCC)ccc2ccc(CC)cc12. The molecule has 0 heteroatoms.